The van der Waals surface area contributed by atoms with Gasteiger partial charge in [0, 0.05) is 13.1 Å². The van der Waals surface area contributed by atoms with Crippen LogP contribution in [0.4, 0.5) is 0 Å². The Morgan fingerprint density at radius 3 is 2.50 bits per heavy atom. The lowest BCUT2D eigenvalue weighted by atomic mass is 10.1. The molecule has 96 valence electrons. The lowest BCUT2D eigenvalue weighted by Crippen LogP contribution is -2.18. The van der Waals surface area contributed by atoms with Gasteiger partial charge in [0.25, 0.3) is 0 Å². The fourth-order valence-corrected chi connectivity index (χ4v) is 2.99. The van der Waals surface area contributed by atoms with Gasteiger partial charge in [0.05, 0.1) is 6.21 Å². The predicted octanol–water partition coefficient (Wildman–Crippen LogP) is 3.39. The summed E-state index contributed by atoms with van der Waals surface area (Å²) in [4.78, 5) is 0. The van der Waals surface area contributed by atoms with Crippen LogP contribution >= 0.6 is 0 Å². The first-order chi connectivity index (χ1) is 8.92. The van der Waals surface area contributed by atoms with Crippen molar-refractivity contribution in [3.8, 4) is 0 Å². The zero-order valence-corrected chi connectivity index (χ0v) is 11.1. The average Bonchev–Trinajstić information content (AvgIpc) is 2.70. The summed E-state index contributed by atoms with van der Waals surface area (Å²) in [6.45, 7) is 2.25. The largest absolute Gasteiger partial charge is 0.297 e. The molecule has 1 fully saturated rings. The van der Waals surface area contributed by atoms with Gasteiger partial charge < -0.3 is 0 Å². The van der Waals surface area contributed by atoms with Crippen molar-refractivity contribution < 1.29 is 0 Å². The van der Waals surface area contributed by atoms with Gasteiger partial charge in [-0.25, -0.2) is 0 Å². The summed E-state index contributed by atoms with van der Waals surface area (Å²) < 4.78 is 0. The van der Waals surface area contributed by atoms with Crippen molar-refractivity contribution in [3.05, 3.63) is 34.9 Å². The van der Waals surface area contributed by atoms with E-state index in [1.165, 1.54) is 56.1 Å². The summed E-state index contributed by atoms with van der Waals surface area (Å²) in [6, 6.07) is 6.82. The van der Waals surface area contributed by atoms with E-state index in [4.69, 9.17) is 0 Å². The predicted molar refractivity (Wildman–Crippen MR) is 76.1 cm³/mol. The first-order valence-electron chi connectivity index (χ1n) is 7.32. The Morgan fingerprint density at radius 1 is 0.889 bits per heavy atom. The van der Waals surface area contributed by atoms with E-state index in [9.17, 15) is 0 Å². The number of benzene rings is 1. The van der Waals surface area contributed by atoms with Gasteiger partial charge in [0.1, 0.15) is 0 Å². The first kappa shape index (κ1) is 11.8. The lowest BCUT2D eigenvalue weighted by Gasteiger charge is -2.15. The van der Waals surface area contributed by atoms with Crippen molar-refractivity contribution in [2.75, 3.05) is 13.1 Å². The number of aryl methyl sites for hydroxylation is 2. The van der Waals surface area contributed by atoms with Crippen LogP contribution in [0, 0.1) is 0 Å². The molecular weight excluding hydrogens is 220 g/mol. The SMILES string of the molecule is C(=NN1CCCCCC1)c1ccc2c(c1)CCC2. The highest BCUT2D eigenvalue weighted by atomic mass is 15.4. The van der Waals surface area contributed by atoms with Crippen LogP contribution in [-0.2, 0) is 12.8 Å². The Labute approximate surface area is 110 Å². The summed E-state index contributed by atoms with van der Waals surface area (Å²) in [5.41, 5.74) is 4.34. The maximum Gasteiger partial charge on any atom is 0.0543 e. The molecule has 0 bridgehead atoms. The van der Waals surface area contributed by atoms with Gasteiger partial charge in [-0.05, 0) is 54.9 Å². The molecule has 2 heteroatoms. The molecule has 0 amide bonds. The van der Waals surface area contributed by atoms with Crippen LogP contribution in [0.15, 0.2) is 23.3 Å². The molecule has 1 saturated heterocycles. The van der Waals surface area contributed by atoms with Crippen LogP contribution in [0.3, 0.4) is 0 Å². The topological polar surface area (TPSA) is 15.6 Å². The maximum atomic E-state index is 4.65. The molecular formula is C16H22N2. The Morgan fingerprint density at radius 2 is 1.67 bits per heavy atom. The molecule has 1 heterocycles. The van der Waals surface area contributed by atoms with Gasteiger partial charge in [-0.3, -0.25) is 5.01 Å². The molecule has 18 heavy (non-hydrogen) atoms. The molecule has 2 nitrogen and oxygen atoms in total. The second kappa shape index (κ2) is 5.55. The minimum atomic E-state index is 1.13. The normalized spacial score (nSPS) is 20.1. The van der Waals surface area contributed by atoms with E-state index >= 15 is 0 Å². The molecule has 2 aliphatic rings. The summed E-state index contributed by atoms with van der Waals surface area (Å²) in [5, 5.41) is 6.88. The van der Waals surface area contributed by atoms with Gasteiger partial charge >= 0.3 is 0 Å². The molecule has 1 aromatic carbocycles. The van der Waals surface area contributed by atoms with Crippen LogP contribution in [0.5, 0.6) is 0 Å². The minimum absolute atomic E-state index is 1.13. The van der Waals surface area contributed by atoms with Crippen molar-refractivity contribution in [1.29, 1.82) is 0 Å². The molecule has 0 saturated carbocycles. The second-order valence-corrected chi connectivity index (χ2v) is 5.49. The van der Waals surface area contributed by atoms with E-state index in [0.29, 0.717) is 0 Å². The maximum absolute atomic E-state index is 4.65. The van der Waals surface area contributed by atoms with Crippen molar-refractivity contribution in [1.82, 2.24) is 5.01 Å². The molecule has 0 unspecified atom stereocenters. The van der Waals surface area contributed by atoms with Gasteiger partial charge in [0.2, 0.25) is 0 Å². The van der Waals surface area contributed by atoms with Crippen LogP contribution in [-0.4, -0.2) is 24.3 Å². The molecule has 1 aromatic rings. The smallest absolute Gasteiger partial charge is 0.0543 e. The van der Waals surface area contributed by atoms with E-state index < -0.39 is 0 Å². The fourth-order valence-electron chi connectivity index (χ4n) is 2.99. The fraction of sp³-hybridized carbons (Fsp3) is 0.562. The van der Waals surface area contributed by atoms with Gasteiger partial charge in [-0.15, -0.1) is 0 Å². The Bertz CT molecular complexity index is 429. The van der Waals surface area contributed by atoms with E-state index in [1.807, 2.05) is 6.21 Å². The van der Waals surface area contributed by atoms with Crippen molar-refractivity contribution in [3.63, 3.8) is 0 Å². The zero-order valence-electron chi connectivity index (χ0n) is 11.1. The zero-order chi connectivity index (χ0) is 12.2. The summed E-state index contributed by atoms with van der Waals surface area (Å²) in [6.07, 6.45) is 11.2. The monoisotopic (exact) mass is 242 g/mol. The number of nitrogens with zero attached hydrogens (tertiary/aromatic N) is 2. The van der Waals surface area contributed by atoms with E-state index in [-0.39, 0.29) is 0 Å². The van der Waals surface area contributed by atoms with Gasteiger partial charge in [-0.2, -0.15) is 5.10 Å². The molecule has 0 atom stereocenters. The molecule has 1 aliphatic heterocycles. The highest BCUT2D eigenvalue weighted by Gasteiger charge is 2.10. The van der Waals surface area contributed by atoms with Gasteiger partial charge in [-0.1, -0.05) is 25.0 Å². The number of hydrazone groups is 1. The van der Waals surface area contributed by atoms with E-state index in [1.54, 1.807) is 5.56 Å². The van der Waals surface area contributed by atoms with Crippen molar-refractivity contribution in [2.45, 2.75) is 44.9 Å². The summed E-state index contributed by atoms with van der Waals surface area (Å²) >= 11 is 0. The van der Waals surface area contributed by atoms with E-state index in [2.05, 4.69) is 28.3 Å². The lowest BCUT2D eigenvalue weighted by molar-refractivity contribution is 0.302. The van der Waals surface area contributed by atoms with Crippen LogP contribution < -0.4 is 0 Å². The number of fused-ring (bicyclic) bond motifs is 1. The molecule has 0 aromatic heterocycles. The van der Waals surface area contributed by atoms with Crippen LogP contribution in [0.1, 0.15) is 48.8 Å². The Hall–Kier alpha value is -1.31. The van der Waals surface area contributed by atoms with Crippen molar-refractivity contribution in [2.24, 2.45) is 5.10 Å². The standard InChI is InChI=1S/C16H22N2/c1-2-4-11-18(10-3-1)17-13-14-8-9-15-6-5-7-16(15)12-14/h8-9,12-13H,1-7,10-11H2. The minimum Gasteiger partial charge on any atom is -0.297 e. The Balaban J connectivity index is 1.67. The quantitative estimate of drug-likeness (QED) is 0.726. The molecule has 0 N–H and O–H groups in total. The Kier molecular flexibility index (Phi) is 3.63. The second-order valence-electron chi connectivity index (χ2n) is 5.49. The molecule has 1 aliphatic carbocycles. The molecule has 3 rings (SSSR count). The van der Waals surface area contributed by atoms with Crippen molar-refractivity contribution >= 4 is 6.21 Å². The third-order valence-corrected chi connectivity index (χ3v) is 4.08. The summed E-state index contributed by atoms with van der Waals surface area (Å²) in [7, 11) is 0. The number of hydrogen-bond donors (Lipinski definition) is 0. The third kappa shape index (κ3) is 2.74. The van der Waals surface area contributed by atoms with Crippen LogP contribution in [0.2, 0.25) is 0 Å². The molecule has 0 radical (unpaired) electrons. The number of hydrogen-bond acceptors (Lipinski definition) is 2. The van der Waals surface area contributed by atoms with Crippen LogP contribution in [0.25, 0.3) is 0 Å². The summed E-state index contributed by atoms with van der Waals surface area (Å²) in [5.74, 6) is 0. The highest BCUT2D eigenvalue weighted by Crippen LogP contribution is 2.22. The highest BCUT2D eigenvalue weighted by molar-refractivity contribution is 5.80. The number of rotatable bonds is 2. The van der Waals surface area contributed by atoms with E-state index in [0.717, 1.165) is 13.1 Å². The average molecular weight is 242 g/mol. The third-order valence-electron chi connectivity index (χ3n) is 4.08. The van der Waals surface area contributed by atoms with Gasteiger partial charge in [0.15, 0.2) is 0 Å². The first-order valence-corrected chi connectivity index (χ1v) is 7.32. The molecule has 0 spiro atoms.